The van der Waals surface area contributed by atoms with Crippen molar-refractivity contribution < 1.29 is 9.53 Å². The largest absolute Gasteiger partial charge is 0.379 e. The van der Waals surface area contributed by atoms with Gasteiger partial charge in [0.25, 0.3) is 5.91 Å². The monoisotopic (exact) mass is 369 g/mol. The third-order valence-electron chi connectivity index (χ3n) is 6.38. The van der Waals surface area contributed by atoms with Gasteiger partial charge in [0.2, 0.25) is 0 Å². The van der Waals surface area contributed by atoms with Gasteiger partial charge in [0, 0.05) is 36.1 Å². The molecule has 2 heterocycles. The van der Waals surface area contributed by atoms with Crippen LogP contribution in [0.3, 0.4) is 0 Å². The number of nitrogens with one attached hydrogen (secondary N) is 2. The van der Waals surface area contributed by atoms with E-state index in [9.17, 15) is 4.79 Å². The van der Waals surface area contributed by atoms with Crippen LogP contribution < -0.4 is 5.32 Å². The first-order valence-corrected chi connectivity index (χ1v) is 10.3. The minimum Gasteiger partial charge on any atom is -0.379 e. The van der Waals surface area contributed by atoms with Gasteiger partial charge in [0.1, 0.15) is 5.69 Å². The van der Waals surface area contributed by atoms with E-state index >= 15 is 0 Å². The number of H-pyrrole nitrogens is 1. The molecule has 1 saturated heterocycles. The number of benzene rings is 1. The van der Waals surface area contributed by atoms with Crippen molar-refractivity contribution in [2.75, 3.05) is 32.8 Å². The van der Waals surface area contributed by atoms with Crippen LogP contribution in [0.5, 0.6) is 0 Å². The molecule has 27 heavy (non-hydrogen) atoms. The van der Waals surface area contributed by atoms with Crippen LogP contribution in [0.4, 0.5) is 0 Å². The molecule has 0 radical (unpaired) electrons. The molecule has 2 fully saturated rings. The number of aromatic nitrogens is 1. The summed E-state index contributed by atoms with van der Waals surface area (Å²) in [5.41, 5.74) is 4.21. The normalized spacial score (nSPS) is 20.7. The van der Waals surface area contributed by atoms with Crippen LogP contribution in [0.2, 0.25) is 0 Å². The van der Waals surface area contributed by atoms with Crippen molar-refractivity contribution in [1.82, 2.24) is 15.2 Å². The minimum atomic E-state index is 0.00135. The molecule has 2 N–H and O–H groups in total. The molecule has 1 aliphatic carbocycles. The highest BCUT2D eigenvalue weighted by Gasteiger charge is 2.38. The fourth-order valence-corrected chi connectivity index (χ4v) is 4.91. The van der Waals surface area contributed by atoms with E-state index < -0.39 is 0 Å². The topological polar surface area (TPSA) is 57.4 Å². The lowest BCUT2D eigenvalue weighted by molar-refractivity contribution is -0.0361. The fourth-order valence-electron chi connectivity index (χ4n) is 4.91. The van der Waals surface area contributed by atoms with E-state index in [1.165, 1.54) is 30.4 Å². The number of carbonyl (C=O) groups excluding carboxylic acids is 1. The van der Waals surface area contributed by atoms with Crippen molar-refractivity contribution in [3.05, 3.63) is 35.0 Å². The molecule has 2 aromatic rings. The molecule has 5 heteroatoms. The van der Waals surface area contributed by atoms with Crippen LogP contribution >= 0.6 is 0 Å². The fraction of sp³-hybridized carbons (Fsp3) is 0.591. The van der Waals surface area contributed by atoms with Crippen LogP contribution in [0, 0.1) is 13.8 Å². The van der Waals surface area contributed by atoms with Gasteiger partial charge in [-0.3, -0.25) is 9.69 Å². The first-order chi connectivity index (χ1) is 13.1. The van der Waals surface area contributed by atoms with Crippen molar-refractivity contribution >= 4 is 16.8 Å². The van der Waals surface area contributed by atoms with Crippen molar-refractivity contribution in [2.24, 2.45) is 0 Å². The van der Waals surface area contributed by atoms with Gasteiger partial charge >= 0.3 is 0 Å². The summed E-state index contributed by atoms with van der Waals surface area (Å²) in [6.45, 7) is 8.45. The molecular formula is C22H31N3O2. The molecule has 0 spiro atoms. The summed E-state index contributed by atoms with van der Waals surface area (Å²) < 4.78 is 5.55. The van der Waals surface area contributed by atoms with Gasteiger partial charge in [-0.25, -0.2) is 0 Å². The van der Waals surface area contributed by atoms with Crippen LogP contribution in [0.15, 0.2) is 18.2 Å². The minimum absolute atomic E-state index is 0.00135. The number of morpholine rings is 1. The molecule has 2 aliphatic rings. The standard InChI is InChI=1S/C22H31N3O2/c1-16-12-17(2)18-14-20(24-19(18)13-16)21(26)23-15-22(6-4-3-5-7-22)25-8-10-27-11-9-25/h12-14,24H,3-11,15H2,1-2H3,(H,23,26). The van der Waals surface area contributed by atoms with E-state index in [4.69, 9.17) is 4.74 Å². The van der Waals surface area contributed by atoms with E-state index in [1.54, 1.807) is 0 Å². The first-order valence-electron chi connectivity index (χ1n) is 10.3. The number of aryl methyl sites for hydroxylation is 2. The number of hydrogen-bond acceptors (Lipinski definition) is 3. The van der Waals surface area contributed by atoms with Gasteiger partial charge in [0.05, 0.1) is 13.2 Å². The lowest BCUT2D eigenvalue weighted by Crippen LogP contribution is -2.59. The Hall–Kier alpha value is -1.85. The van der Waals surface area contributed by atoms with Gasteiger partial charge in [-0.2, -0.15) is 0 Å². The maximum atomic E-state index is 12.9. The van der Waals surface area contributed by atoms with Crippen molar-refractivity contribution in [3.8, 4) is 0 Å². The summed E-state index contributed by atoms with van der Waals surface area (Å²) in [5, 5.41) is 4.38. The van der Waals surface area contributed by atoms with Crippen molar-refractivity contribution in [1.29, 1.82) is 0 Å². The van der Waals surface area contributed by atoms with Crippen LogP contribution in [0.25, 0.3) is 10.9 Å². The maximum Gasteiger partial charge on any atom is 0.267 e. The van der Waals surface area contributed by atoms with Crippen molar-refractivity contribution in [3.63, 3.8) is 0 Å². The molecule has 1 aromatic heterocycles. The maximum absolute atomic E-state index is 12.9. The Kier molecular flexibility index (Phi) is 5.24. The highest BCUT2D eigenvalue weighted by molar-refractivity contribution is 5.99. The number of aromatic amines is 1. The zero-order valence-corrected chi connectivity index (χ0v) is 16.6. The number of rotatable bonds is 4. The smallest absolute Gasteiger partial charge is 0.267 e. The Bertz CT molecular complexity index is 814. The van der Waals surface area contributed by atoms with Crippen LogP contribution in [0.1, 0.15) is 53.7 Å². The molecule has 1 aromatic carbocycles. The van der Waals surface area contributed by atoms with Crippen LogP contribution in [-0.4, -0.2) is 54.2 Å². The van der Waals surface area contributed by atoms with Gasteiger partial charge in [0.15, 0.2) is 0 Å². The second-order valence-electron chi connectivity index (χ2n) is 8.29. The second kappa shape index (κ2) is 7.64. The number of fused-ring (bicyclic) bond motifs is 1. The summed E-state index contributed by atoms with van der Waals surface area (Å²) in [7, 11) is 0. The summed E-state index contributed by atoms with van der Waals surface area (Å²) >= 11 is 0. The van der Waals surface area contributed by atoms with E-state index in [1.807, 2.05) is 6.07 Å². The second-order valence-corrected chi connectivity index (χ2v) is 8.29. The predicted molar refractivity (Wildman–Crippen MR) is 108 cm³/mol. The highest BCUT2D eigenvalue weighted by Crippen LogP contribution is 2.34. The van der Waals surface area contributed by atoms with Gasteiger partial charge < -0.3 is 15.0 Å². The van der Waals surface area contributed by atoms with Gasteiger partial charge in [-0.05, 0) is 49.9 Å². The summed E-state index contributed by atoms with van der Waals surface area (Å²) in [5.74, 6) is 0.00135. The Morgan fingerprint density at radius 2 is 1.89 bits per heavy atom. The molecule has 146 valence electrons. The molecule has 1 saturated carbocycles. The molecular weight excluding hydrogens is 338 g/mol. The Balaban J connectivity index is 1.50. The summed E-state index contributed by atoms with van der Waals surface area (Å²) in [4.78, 5) is 18.8. The molecule has 0 atom stereocenters. The molecule has 0 unspecified atom stereocenters. The van der Waals surface area contributed by atoms with Gasteiger partial charge in [-0.15, -0.1) is 0 Å². The molecule has 0 bridgehead atoms. The zero-order chi connectivity index (χ0) is 18.9. The predicted octanol–water partition coefficient (Wildman–Crippen LogP) is 3.55. The molecule has 4 rings (SSSR count). The Labute approximate surface area is 161 Å². The third-order valence-corrected chi connectivity index (χ3v) is 6.38. The van der Waals surface area contributed by atoms with Crippen LogP contribution in [-0.2, 0) is 4.74 Å². The lowest BCUT2D eigenvalue weighted by atomic mass is 9.79. The number of amides is 1. The number of carbonyl (C=O) groups is 1. The lowest BCUT2D eigenvalue weighted by Gasteiger charge is -2.48. The number of ether oxygens (including phenoxy) is 1. The average molecular weight is 370 g/mol. The molecule has 1 aliphatic heterocycles. The first kappa shape index (κ1) is 18.5. The third kappa shape index (κ3) is 3.76. The quantitative estimate of drug-likeness (QED) is 0.866. The van der Waals surface area contributed by atoms with Gasteiger partial charge in [-0.1, -0.05) is 25.3 Å². The molecule has 5 nitrogen and oxygen atoms in total. The van der Waals surface area contributed by atoms with E-state index in [-0.39, 0.29) is 11.4 Å². The average Bonchev–Trinajstić information content (AvgIpc) is 3.12. The number of hydrogen-bond donors (Lipinski definition) is 2. The zero-order valence-electron chi connectivity index (χ0n) is 16.6. The van der Waals surface area contributed by atoms with E-state index in [0.717, 1.165) is 56.6 Å². The molecule has 1 amide bonds. The SMILES string of the molecule is Cc1cc(C)c2cc(C(=O)NCC3(N4CCOCC4)CCCCC3)[nH]c2c1. The van der Waals surface area contributed by atoms with Crippen molar-refractivity contribution in [2.45, 2.75) is 51.5 Å². The van der Waals surface area contributed by atoms with E-state index in [2.05, 4.69) is 41.2 Å². The number of nitrogens with zero attached hydrogens (tertiary/aromatic N) is 1. The highest BCUT2D eigenvalue weighted by atomic mass is 16.5. The summed E-state index contributed by atoms with van der Waals surface area (Å²) in [6, 6.07) is 6.25. The van der Waals surface area contributed by atoms with E-state index in [0.29, 0.717) is 5.69 Å². The Morgan fingerprint density at radius 1 is 1.15 bits per heavy atom. The Morgan fingerprint density at radius 3 is 2.63 bits per heavy atom. The summed E-state index contributed by atoms with van der Waals surface area (Å²) in [6.07, 6.45) is 6.13.